The molecule has 2 aliphatic heterocycles. The lowest BCUT2D eigenvalue weighted by Gasteiger charge is -2.13. The molecule has 0 radical (unpaired) electrons. The summed E-state index contributed by atoms with van der Waals surface area (Å²) >= 11 is 0.901. The normalized spacial score (nSPS) is 19.2. The number of carboxylic acid groups (broad SMARTS) is 2. The molecule has 4 rings (SSSR count). The molecule has 3 N–H and O–H groups in total. The summed E-state index contributed by atoms with van der Waals surface area (Å²) in [7, 11) is 0. The van der Waals surface area contributed by atoms with Crippen molar-refractivity contribution in [1.29, 1.82) is 0 Å². The fourth-order valence-corrected chi connectivity index (χ4v) is 4.11. The zero-order valence-corrected chi connectivity index (χ0v) is 16.0. The van der Waals surface area contributed by atoms with Crippen LogP contribution in [0.2, 0.25) is 0 Å². The Balaban J connectivity index is 1.76. The Morgan fingerprint density at radius 3 is 2.47 bits per heavy atom. The minimum atomic E-state index is -1.18. The van der Waals surface area contributed by atoms with Gasteiger partial charge in [-0.05, 0) is 30.0 Å². The number of rotatable bonds is 4. The van der Waals surface area contributed by atoms with Crippen molar-refractivity contribution < 1.29 is 29.4 Å². The lowest BCUT2D eigenvalue weighted by molar-refractivity contribution is -0.136. The number of amidine groups is 1. The number of nitrogens with zero attached hydrogens (tertiary/aromatic N) is 2. The molecular formula is C20H13N3O6S. The number of amides is 2. The largest absolute Gasteiger partial charge is 0.480 e. The zero-order chi connectivity index (χ0) is 21.4. The molecule has 10 heteroatoms. The molecule has 2 aromatic rings. The fourth-order valence-electron chi connectivity index (χ4n) is 3.19. The van der Waals surface area contributed by atoms with Gasteiger partial charge < -0.3 is 15.5 Å². The van der Waals surface area contributed by atoms with Gasteiger partial charge in [0, 0.05) is 5.56 Å². The Kier molecular flexibility index (Phi) is 4.84. The van der Waals surface area contributed by atoms with E-state index < -0.39 is 30.3 Å². The molecule has 2 amide bonds. The van der Waals surface area contributed by atoms with Crippen molar-refractivity contribution in [3.05, 3.63) is 64.6 Å². The van der Waals surface area contributed by atoms with Crippen molar-refractivity contribution in [2.24, 2.45) is 4.99 Å². The van der Waals surface area contributed by atoms with E-state index >= 15 is 0 Å². The highest BCUT2D eigenvalue weighted by Crippen LogP contribution is 2.42. The van der Waals surface area contributed by atoms with Gasteiger partial charge in [-0.15, -0.1) is 0 Å². The SMILES string of the molecule is O=C(O)CN1C(=O)C(=C2SC(=Nc3ccccc3C(=O)O)NC2=O)c2ccccc21. The Labute approximate surface area is 173 Å². The second-order valence-corrected chi connectivity index (χ2v) is 7.30. The molecule has 0 atom stereocenters. The van der Waals surface area contributed by atoms with Crippen molar-refractivity contribution >= 4 is 57.6 Å². The van der Waals surface area contributed by atoms with Crippen molar-refractivity contribution in [3.8, 4) is 0 Å². The van der Waals surface area contributed by atoms with Gasteiger partial charge in [-0.3, -0.25) is 19.3 Å². The van der Waals surface area contributed by atoms with E-state index in [9.17, 15) is 24.3 Å². The van der Waals surface area contributed by atoms with Gasteiger partial charge in [-0.2, -0.15) is 0 Å². The standard InChI is InChI=1S/C20H13N3O6S/c24-14(25)9-23-13-8-4-2-6-11(13)15(18(23)27)16-17(26)22-20(30-16)21-12-7-3-1-5-10(12)19(28)29/h1-8H,9H2,(H,24,25)(H,28,29)(H,21,22,26). The quantitative estimate of drug-likeness (QED) is 0.641. The third-order valence-electron chi connectivity index (χ3n) is 4.43. The summed E-state index contributed by atoms with van der Waals surface area (Å²) in [6.07, 6.45) is 0. The molecule has 0 bridgehead atoms. The van der Waals surface area contributed by atoms with Gasteiger partial charge in [0.05, 0.1) is 27.4 Å². The molecule has 30 heavy (non-hydrogen) atoms. The predicted molar refractivity (Wildman–Crippen MR) is 110 cm³/mol. The summed E-state index contributed by atoms with van der Waals surface area (Å²) in [6, 6.07) is 12.7. The van der Waals surface area contributed by atoms with Crippen LogP contribution in [0.25, 0.3) is 5.57 Å². The highest BCUT2D eigenvalue weighted by atomic mass is 32.2. The Hall–Kier alpha value is -3.92. The van der Waals surface area contributed by atoms with Gasteiger partial charge in [-0.25, -0.2) is 9.79 Å². The fraction of sp³-hybridized carbons (Fsp3) is 0.0500. The number of carbonyl (C=O) groups excluding carboxylic acids is 2. The van der Waals surface area contributed by atoms with Crippen LogP contribution in [0, 0.1) is 0 Å². The van der Waals surface area contributed by atoms with Gasteiger partial charge in [-0.1, -0.05) is 30.3 Å². The second kappa shape index (κ2) is 7.48. The maximum Gasteiger partial charge on any atom is 0.337 e. The minimum absolute atomic E-state index is 0.0316. The average Bonchev–Trinajstić information content (AvgIpc) is 3.19. The lowest BCUT2D eigenvalue weighted by atomic mass is 10.1. The molecule has 0 aromatic heterocycles. The highest BCUT2D eigenvalue weighted by Gasteiger charge is 2.40. The summed E-state index contributed by atoms with van der Waals surface area (Å²) in [4.78, 5) is 53.5. The van der Waals surface area contributed by atoms with E-state index in [4.69, 9.17) is 5.11 Å². The number of hydrogen-bond donors (Lipinski definition) is 3. The van der Waals surface area contributed by atoms with Crippen molar-refractivity contribution in [2.75, 3.05) is 11.4 Å². The van der Waals surface area contributed by atoms with E-state index in [0.29, 0.717) is 11.3 Å². The maximum atomic E-state index is 12.9. The molecule has 2 aliphatic rings. The number of carboxylic acids is 2. The lowest BCUT2D eigenvalue weighted by Crippen LogP contribution is -2.32. The van der Waals surface area contributed by atoms with Crippen LogP contribution in [0.15, 0.2) is 58.4 Å². The molecule has 150 valence electrons. The van der Waals surface area contributed by atoms with E-state index in [2.05, 4.69) is 10.3 Å². The first-order chi connectivity index (χ1) is 14.4. The molecule has 9 nitrogen and oxygen atoms in total. The molecule has 1 saturated heterocycles. The number of carbonyl (C=O) groups is 4. The highest BCUT2D eigenvalue weighted by molar-refractivity contribution is 8.18. The number of fused-ring (bicyclic) bond motifs is 1. The maximum absolute atomic E-state index is 12.9. The van der Waals surface area contributed by atoms with Crippen LogP contribution in [0.1, 0.15) is 15.9 Å². The number of anilines is 1. The number of thioether (sulfide) groups is 1. The van der Waals surface area contributed by atoms with Crippen molar-refractivity contribution in [3.63, 3.8) is 0 Å². The van der Waals surface area contributed by atoms with Gasteiger partial charge in [0.1, 0.15) is 6.54 Å². The van der Waals surface area contributed by atoms with Gasteiger partial charge in [0.25, 0.3) is 11.8 Å². The summed E-state index contributed by atoms with van der Waals surface area (Å²) < 4.78 is 0. The van der Waals surface area contributed by atoms with E-state index in [1.807, 2.05) is 0 Å². The predicted octanol–water partition coefficient (Wildman–Crippen LogP) is 2.08. The van der Waals surface area contributed by atoms with Gasteiger partial charge in [0.15, 0.2) is 5.17 Å². The summed E-state index contributed by atoms with van der Waals surface area (Å²) in [5, 5.41) is 21.1. The van der Waals surface area contributed by atoms with Crippen LogP contribution in [0.3, 0.4) is 0 Å². The van der Waals surface area contributed by atoms with Crippen molar-refractivity contribution in [2.45, 2.75) is 0 Å². The number of hydrogen-bond acceptors (Lipinski definition) is 6. The first-order valence-electron chi connectivity index (χ1n) is 8.64. The number of para-hydroxylation sites is 2. The number of aromatic carboxylic acids is 1. The van der Waals surface area contributed by atoms with Crippen LogP contribution in [-0.4, -0.2) is 45.7 Å². The third kappa shape index (κ3) is 3.33. The molecule has 0 saturated carbocycles. The number of nitrogens with one attached hydrogen (secondary N) is 1. The van der Waals surface area contributed by atoms with E-state index in [1.54, 1.807) is 36.4 Å². The van der Waals surface area contributed by atoms with E-state index in [-0.39, 0.29) is 26.9 Å². The minimum Gasteiger partial charge on any atom is -0.480 e. The van der Waals surface area contributed by atoms with Crippen LogP contribution in [-0.2, 0) is 14.4 Å². The third-order valence-corrected chi connectivity index (χ3v) is 5.41. The molecule has 1 fully saturated rings. The van der Waals surface area contributed by atoms with Gasteiger partial charge in [0.2, 0.25) is 0 Å². The Morgan fingerprint density at radius 2 is 1.73 bits per heavy atom. The number of aliphatic imine (C=N–C) groups is 1. The number of benzene rings is 2. The summed E-state index contributed by atoms with van der Waals surface area (Å²) in [5.41, 5.74) is 1.07. The molecule has 0 spiro atoms. The molecular weight excluding hydrogens is 410 g/mol. The average molecular weight is 423 g/mol. The molecule has 0 aliphatic carbocycles. The monoisotopic (exact) mass is 423 g/mol. The van der Waals surface area contributed by atoms with Crippen LogP contribution >= 0.6 is 11.8 Å². The molecule has 2 heterocycles. The molecule has 0 unspecified atom stereocenters. The van der Waals surface area contributed by atoms with E-state index in [0.717, 1.165) is 16.7 Å². The molecule has 2 aromatic carbocycles. The van der Waals surface area contributed by atoms with Crippen molar-refractivity contribution in [1.82, 2.24) is 5.32 Å². The number of aliphatic carboxylic acids is 1. The Morgan fingerprint density at radius 1 is 1.03 bits per heavy atom. The van der Waals surface area contributed by atoms with Gasteiger partial charge >= 0.3 is 11.9 Å². The van der Waals surface area contributed by atoms with E-state index in [1.165, 1.54) is 12.1 Å². The summed E-state index contributed by atoms with van der Waals surface area (Å²) in [5.74, 6) is -3.50. The van der Waals surface area contributed by atoms with Crippen LogP contribution in [0.4, 0.5) is 11.4 Å². The first kappa shape index (κ1) is 19.4. The zero-order valence-electron chi connectivity index (χ0n) is 15.2. The van der Waals surface area contributed by atoms with Crippen LogP contribution < -0.4 is 10.2 Å². The first-order valence-corrected chi connectivity index (χ1v) is 9.46. The smallest absolute Gasteiger partial charge is 0.337 e. The second-order valence-electron chi connectivity index (χ2n) is 6.30. The van der Waals surface area contributed by atoms with Crippen LogP contribution in [0.5, 0.6) is 0 Å². The Bertz CT molecular complexity index is 1190. The topological polar surface area (TPSA) is 136 Å². The summed E-state index contributed by atoms with van der Waals surface area (Å²) in [6.45, 7) is -0.536.